The number of carboxylic acids is 1. The standard InChI is InChI=1S/C11H12BrNO2/c12-8-2-3-9-7(1-4-11(14)15)6-13-10(9)5-8/h2-3,5,7,13H,1,4,6H2,(H,14,15). The number of hydrogen-bond donors (Lipinski definition) is 2. The average molecular weight is 270 g/mol. The summed E-state index contributed by atoms with van der Waals surface area (Å²) in [5.74, 6) is -0.384. The molecule has 2 N–H and O–H groups in total. The van der Waals surface area contributed by atoms with Crippen LogP contribution in [0, 0.1) is 0 Å². The highest BCUT2D eigenvalue weighted by Gasteiger charge is 2.22. The van der Waals surface area contributed by atoms with Gasteiger partial charge in [-0.1, -0.05) is 22.0 Å². The second-order valence-electron chi connectivity index (χ2n) is 3.74. The molecule has 0 radical (unpaired) electrons. The summed E-state index contributed by atoms with van der Waals surface area (Å²) in [5, 5.41) is 11.9. The van der Waals surface area contributed by atoms with Crippen molar-refractivity contribution in [2.75, 3.05) is 11.9 Å². The molecular weight excluding hydrogens is 258 g/mol. The lowest BCUT2D eigenvalue weighted by atomic mass is 9.96. The molecule has 1 aliphatic heterocycles. The summed E-state index contributed by atoms with van der Waals surface area (Å²) in [7, 11) is 0. The van der Waals surface area contributed by atoms with E-state index in [9.17, 15) is 4.79 Å². The van der Waals surface area contributed by atoms with E-state index in [2.05, 4.69) is 27.3 Å². The number of anilines is 1. The maximum atomic E-state index is 10.5. The fourth-order valence-electron chi connectivity index (χ4n) is 1.94. The predicted octanol–water partition coefficient (Wildman–Crippen LogP) is 2.82. The summed E-state index contributed by atoms with van der Waals surface area (Å²) < 4.78 is 1.05. The number of hydrogen-bond acceptors (Lipinski definition) is 2. The molecule has 4 heteroatoms. The van der Waals surface area contributed by atoms with E-state index in [0.29, 0.717) is 12.3 Å². The number of halogens is 1. The van der Waals surface area contributed by atoms with Gasteiger partial charge >= 0.3 is 5.97 Å². The van der Waals surface area contributed by atoms with Crippen LogP contribution in [0.3, 0.4) is 0 Å². The summed E-state index contributed by atoms with van der Waals surface area (Å²) in [4.78, 5) is 10.5. The second kappa shape index (κ2) is 4.23. The summed E-state index contributed by atoms with van der Waals surface area (Å²) >= 11 is 3.41. The van der Waals surface area contributed by atoms with Gasteiger partial charge in [-0.05, 0) is 24.1 Å². The minimum atomic E-state index is -0.722. The first-order valence-corrected chi connectivity index (χ1v) is 5.71. The van der Waals surface area contributed by atoms with Crippen molar-refractivity contribution in [2.24, 2.45) is 0 Å². The van der Waals surface area contributed by atoms with Gasteiger partial charge in [0.1, 0.15) is 0 Å². The van der Waals surface area contributed by atoms with Crippen molar-refractivity contribution < 1.29 is 9.90 Å². The smallest absolute Gasteiger partial charge is 0.303 e. The quantitative estimate of drug-likeness (QED) is 0.887. The third-order valence-electron chi connectivity index (χ3n) is 2.70. The van der Waals surface area contributed by atoms with Gasteiger partial charge < -0.3 is 10.4 Å². The number of carboxylic acid groups (broad SMARTS) is 1. The molecule has 0 bridgehead atoms. The van der Waals surface area contributed by atoms with Gasteiger partial charge in [0.2, 0.25) is 0 Å². The van der Waals surface area contributed by atoms with Crippen molar-refractivity contribution in [3.05, 3.63) is 28.2 Å². The number of rotatable bonds is 3. The van der Waals surface area contributed by atoms with Crippen LogP contribution >= 0.6 is 15.9 Å². The molecular formula is C11H12BrNO2. The van der Waals surface area contributed by atoms with E-state index < -0.39 is 5.97 Å². The molecule has 0 aliphatic carbocycles. The molecule has 2 rings (SSSR count). The minimum Gasteiger partial charge on any atom is -0.481 e. The van der Waals surface area contributed by atoms with Gasteiger partial charge in [0.25, 0.3) is 0 Å². The molecule has 1 heterocycles. The Morgan fingerprint density at radius 3 is 3.13 bits per heavy atom. The molecule has 1 aromatic carbocycles. The Labute approximate surface area is 96.6 Å². The van der Waals surface area contributed by atoms with Gasteiger partial charge in [0, 0.05) is 29.0 Å². The van der Waals surface area contributed by atoms with Gasteiger partial charge in [-0.15, -0.1) is 0 Å². The Hall–Kier alpha value is -1.03. The molecule has 15 heavy (non-hydrogen) atoms. The Morgan fingerprint density at radius 2 is 2.40 bits per heavy atom. The third kappa shape index (κ3) is 2.31. The topological polar surface area (TPSA) is 49.3 Å². The van der Waals surface area contributed by atoms with Crippen molar-refractivity contribution in [3.63, 3.8) is 0 Å². The van der Waals surface area contributed by atoms with Crippen LogP contribution in [0.5, 0.6) is 0 Å². The Kier molecular flexibility index (Phi) is 2.95. The normalized spacial score (nSPS) is 18.3. The zero-order valence-electron chi connectivity index (χ0n) is 8.16. The highest BCUT2D eigenvalue weighted by atomic mass is 79.9. The van der Waals surface area contributed by atoms with Crippen LogP contribution in [0.25, 0.3) is 0 Å². The highest BCUT2D eigenvalue weighted by molar-refractivity contribution is 9.10. The van der Waals surface area contributed by atoms with Crippen molar-refractivity contribution in [1.29, 1.82) is 0 Å². The van der Waals surface area contributed by atoms with E-state index in [4.69, 9.17) is 5.11 Å². The van der Waals surface area contributed by atoms with Gasteiger partial charge in [-0.25, -0.2) is 0 Å². The zero-order chi connectivity index (χ0) is 10.8. The van der Waals surface area contributed by atoms with Crippen LogP contribution in [-0.2, 0) is 4.79 Å². The lowest BCUT2D eigenvalue weighted by Gasteiger charge is -2.07. The number of carbonyl (C=O) groups is 1. The summed E-state index contributed by atoms with van der Waals surface area (Å²) in [6, 6.07) is 6.10. The number of aliphatic carboxylic acids is 1. The number of benzene rings is 1. The largest absolute Gasteiger partial charge is 0.481 e. The molecule has 1 aromatic rings. The molecule has 3 nitrogen and oxygen atoms in total. The first-order chi connectivity index (χ1) is 7.16. The van der Waals surface area contributed by atoms with E-state index in [0.717, 1.165) is 16.7 Å². The predicted molar refractivity (Wildman–Crippen MR) is 62.2 cm³/mol. The molecule has 80 valence electrons. The fraction of sp³-hybridized carbons (Fsp3) is 0.364. The lowest BCUT2D eigenvalue weighted by molar-refractivity contribution is -0.137. The molecule has 0 amide bonds. The first kappa shape index (κ1) is 10.5. The first-order valence-electron chi connectivity index (χ1n) is 4.92. The molecule has 0 saturated carbocycles. The van der Waals surface area contributed by atoms with Crippen molar-refractivity contribution in [1.82, 2.24) is 0 Å². The second-order valence-corrected chi connectivity index (χ2v) is 4.66. The van der Waals surface area contributed by atoms with Crippen molar-refractivity contribution in [2.45, 2.75) is 18.8 Å². The SMILES string of the molecule is O=C(O)CCC1CNc2cc(Br)ccc21. The van der Waals surface area contributed by atoms with E-state index in [-0.39, 0.29) is 6.42 Å². The Morgan fingerprint density at radius 1 is 1.60 bits per heavy atom. The molecule has 0 fully saturated rings. The van der Waals surface area contributed by atoms with Gasteiger partial charge in [-0.3, -0.25) is 4.79 Å². The van der Waals surface area contributed by atoms with Crippen LogP contribution in [0.15, 0.2) is 22.7 Å². The molecule has 0 aromatic heterocycles. The monoisotopic (exact) mass is 269 g/mol. The van der Waals surface area contributed by atoms with E-state index in [1.807, 2.05) is 12.1 Å². The van der Waals surface area contributed by atoms with Crippen LogP contribution in [0.1, 0.15) is 24.3 Å². The molecule has 0 spiro atoms. The fourth-order valence-corrected chi connectivity index (χ4v) is 2.30. The molecule has 1 atom stereocenters. The number of nitrogens with one attached hydrogen (secondary N) is 1. The van der Waals surface area contributed by atoms with E-state index >= 15 is 0 Å². The van der Waals surface area contributed by atoms with Crippen LogP contribution in [0.2, 0.25) is 0 Å². The summed E-state index contributed by atoms with van der Waals surface area (Å²) in [6.07, 6.45) is 0.943. The van der Waals surface area contributed by atoms with Gasteiger partial charge in [-0.2, -0.15) is 0 Å². The van der Waals surface area contributed by atoms with Crippen molar-refractivity contribution in [3.8, 4) is 0 Å². The molecule has 1 aliphatic rings. The summed E-state index contributed by atoms with van der Waals surface area (Å²) in [6.45, 7) is 0.846. The maximum absolute atomic E-state index is 10.5. The van der Waals surface area contributed by atoms with Crippen LogP contribution < -0.4 is 5.32 Å². The van der Waals surface area contributed by atoms with Crippen LogP contribution in [0.4, 0.5) is 5.69 Å². The minimum absolute atomic E-state index is 0.238. The number of fused-ring (bicyclic) bond motifs is 1. The highest BCUT2D eigenvalue weighted by Crippen LogP contribution is 2.35. The maximum Gasteiger partial charge on any atom is 0.303 e. The van der Waals surface area contributed by atoms with Crippen LogP contribution in [-0.4, -0.2) is 17.6 Å². The molecule has 0 saturated heterocycles. The average Bonchev–Trinajstić information content (AvgIpc) is 2.57. The van der Waals surface area contributed by atoms with E-state index in [1.54, 1.807) is 0 Å². The van der Waals surface area contributed by atoms with Gasteiger partial charge in [0.05, 0.1) is 0 Å². The lowest BCUT2D eigenvalue weighted by Crippen LogP contribution is -2.05. The third-order valence-corrected chi connectivity index (χ3v) is 3.19. The van der Waals surface area contributed by atoms with E-state index in [1.165, 1.54) is 5.56 Å². The Bertz CT molecular complexity index is 392. The molecule has 1 unspecified atom stereocenters. The Balaban J connectivity index is 2.11. The van der Waals surface area contributed by atoms with Crippen molar-refractivity contribution >= 4 is 27.6 Å². The summed E-state index contributed by atoms with van der Waals surface area (Å²) in [5.41, 5.74) is 2.36. The zero-order valence-corrected chi connectivity index (χ0v) is 9.75. The van der Waals surface area contributed by atoms with Gasteiger partial charge in [0.15, 0.2) is 0 Å².